The van der Waals surface area contributed by atoms with Crippen molar-refractivity contribution in [2.45, 2.75) is 0 Å². The molecular weight excluding hydrogens is 392 g/mol. The number of aromatic nitrogens is 1. The van der Waals surface area contributed by atoms with E-state index in [-0.39, 0.29) is 11.4 Å². The van der Waals surface area contributed by atoms with Crippen molar-refractivity contribution in [3.63, 3.8) is 0 Å². The summed E-state index contributed by atoms with van der Waals surface area (Å²) in [4.78, 5) is 20.8. The van der Waals surface area contributed by atoms with Crippen LogP contribution in [-0.2, 0) is 4.74 Å². The number of thiazole rings is 1. The number of anilines is 1. The summed E-state index contributed by atoms with van der Waals surface area (Å²) < 4.78 is 33.4. The summed E-state index contributed by atoms with van der Waals surface area (Å²) in [6.07, 6.45) is 0. The van der Waals surface area contributed by atoms with E-state index in [0.717, 1.165) is 37.0 Å². The highest BCUT2D eigenvalue weighted by Gasteiger charge is 2.25. The number of ether oxygens (including phenoxy) is 1. The highest BCUT2D eigenvalue weighted by molar-refractivity contribution is 7.22. The lowest BCUT2D eigenvalue weighted by molar-refractivity contribution is -0.906. The van der Waals surface area contributed by atoms with Crippen LogP contribution in [0.3, 0.4) is 0 Å². The Hall–Kier alpha value is -1.94. The molecule has 9 heteroatoms. The molecule has 1 N–H and O–H groups in total. The molecule has 5 nitrogen and oxygen atoms in total. The topological polar surface area (TPSA) is 46.9 Å². The fourth-order valence-electron chi connectivity index (χ4n) is 3.06. The number of morpholine rings is 1. The Balaban J connectivity index is 1.64. The van der Waals surface area contributed by atoms with Crippen LogP contribution >= 0.6 is 22.7 Å². The molecule has 1 amide bonds. The van der Waals surface area contributed by atoms with Gasteiger partial charge < -0.3 is 9.64 Å². The Labute approximate surface area is 162 Å². The Morgan fingerprint density at radius 3 is 2.85 bits per heavy atom. The summed E-state index contributed by atoms with van der Waals surface area (Å²) in [6, 6.07) is 5.64. The molecule has 3 heterocycles. The smallest absolute Gasteiger partial charge is 0.270 e. The van der Waals surface area contributed by atoms with Crippen LogP contribution in [0.15, 0.2) is 29.6 Å². The Bertz CT molecular complexity index is 940. The van der Waals surface area contributed by atoms with Crippen LogP contribution in [-0.4, -0.2) is 50.3 Å². The number of hydrogen-bond acceptors (Lipinski definition) is 5. The second-order valence-electron chi connectivity index (χ2n) is 6.28. The van der Waals surface area contributed by atoms with Crippen LogP contribution in [0.2, 0.25) is 0 Å². The van der Waals surface area contributed by atoms with Gasteiger partial charge in [0.05, 0.1) is 35.9 Å². The summed E-state index contributed by atoms with van der Waals surface area (Å²) in [5.41, 5.74) is 0.0964. The molecule has 0 radical (unpaired) electrons. The third-order valence-corrected chi connectivity index (χ3v) is 6.38. The number of amides is 1. The van der Waals surface area contributed by atoms with Gasteiger partial charge in [0.2, 0.25) is 0 Å². The molecule has 1 aliphatic heterocycles. The molecule has 0 unspecified atom stereocenters. The van der Waals surface area contributed by atoms with Crippen molar-refractivity contribution in [1.82, 2.24) is 4.98 Å². The van der Waals surface area contributed by atoms with E-state index in [9.17, 15) is 13.6 Å². The van der Waals surface area contributed by atoms with E-state index in [4.69, 9.17) is 4.74 Å². The average molecular weight is 410 g/mol. The number of carbonyl (C=O) groups is 1. The first-order valence-electron chi connectivity index (χ1n) is 8.64. The molecule has 0 spiro atoms. The minimum atomic E-state index is -0.713. The molecule has 0 atom stereocenters. The third-order valence-electron chi connectivity index (χ3n) is 4.50. The van der Waals surface area contributed by atoms with Crippen molar-refractivity contribution in [2.75, 3.05) is 44.3 Å². The maximum Gasteiger partial charge on any atom is 0.270 e. The molecule has 1 fully saturated rings. The van der Waals surface area contributed by atoms with Crippen LogP contribution in [0.1, 0.15) is 9.67 Å². The standard InChI is InChI=1S/C18H17F2N3O2S2/c19-12-10-13(20)16-15(11-12)27-18(21-16)23(17(24)14-2-1-9-26-14)4-3-22-5-7-25-8-6-22/h1-2,9-11H,3-8H2/p+1. The largest absolute Gasteiger partial charge is 0.370 e. The third kappa shape index (κ3) is 4.01. The number of halogens is 2. The molecule has 1 aliphatic rings. The van der Waals surface area contributed by atoms with E-state index < -0.39 is 11.6 Å². The average Bonchev–Trinajstić information content (AvgIpc) is 3.32. The van der Waals surface area contributed by atoms with Gasteiger partial charge in [-0.3, -0.25) is 9.69 Å². The number of nitrogens with zero attached hydrogens (tertiary/aromatic N) is 2. The molecule has 2 aromatic heterocycles. The van der Waals surface area contributed by atoms with Crippen molar-refractivity contribution in [3.05, 3.63) is 46.2 Å². The van der Waals surface area contributed by atoms with Gasteiger partial charge in [-0.1, -0.05) is 17.4 Å². The van der Waals surface area contributed by atoms with E-state index in [2.05, 4.69) is 4.98 Å². The predicted molar refractivity (Wildman–Crippen MR) is 102 cm³/mol. The fraction of sp³-hybridized carbons (Fsp3) is 0.333. The van der Waals surface area contributed by atoms with Gasteiger partial charge >= 0.3 is 0 Å². The molecular formula is C18H18F2N3O2S2+. The zero-order chi connectivity index (χ0) is 18.8. The van der Waals surface area contributed by atoms with E-state index in [1.54, 1.807) is 11.0 Å². The molecule has 1 aromatic carbocycles. The first-order chi connectivity index (χ1) is 13.1. The maximum atomic E-state index is 14.1. The minimum absolute atomic E-state index is 0.0964. The van der Waals surface area contributed by atoms with Gasteiger partial charge in [-0.25, -0.2) is 13.8 Å². The number of fused-ring (bicyclic) bond motifs is 1. The summed E-state index contributed by atoms with van der Waals surface area (Å²) in [6.45, 7) is 4.39. The second kappa shape index (κ2) is 7.97. The Morgan fingerprint density at radius 2 is 2.11 bits per heavy atom. The maximum absolute atomic E-state index is 14.1. The zero-order valence-electron chi connectivity index (χ0n) is 14.4. The lowest BCUT2D eigenvalue weighted by Crippen LogP contribution is -3.14. The van der Waals surface area contributed by atoms with Gasteiger partial charge in [0, 0.05) is 6.07 Å². The first kappa shape index (κ1) is 18.4. The summed E-state index contributed by atoms with van der Waals surface area (Å²) in [7, 11) is 0. The summed E-state index contributed by atoms with van der Waals surface area (Å²) >= 11 is 2.48. The second-order valence-corrected chi connectivity index (χ2v) is 8.23. The van der Waals surface area contributed by atoms with Gasteiger partial charge in [0.1, 0.15) is 24.4 Å². The number of quaternary nitrogens is 1. The molecule has 0 saturated carbocycles. The lowest BCUT2D eigenvalue weighted by Gasteiger charge is -2.26. The van der Waals surface area contributed by atoms with Gasteiger partial charge in [0.25, 0.3) is 5.91 Å². The molecule has 27 heavy (non-hydrogen) atoms. The van der Waals surface area contributed by atoms with Crippen molar-refractivity contribution in [2.24, 2.45) is 0 Å². The SMILES string of the molecule is O=C(c1cccs1)N(CC[NH+]1CCOCC1)c1nc2c(F)cc(F)cc2s1. The number of hydrogen-bond donors (Lipinski definition) is 1. The molecule has 3 aromatic rings. The summed E-state index contributed by atoms with van der Waals surface area (Å²) in [5.74, 6) is -1.53. The predicted octanol–water partition coefficient (Wildman–Crippen LogP) is 2.20. The van der Waals surface area contributed by atoms with Gasteiger partial charge in [-0.2, -0.15) is 0 Å². The van der Waals surface area contributed by atoms with E-state index in [1.165, 1.54) is 22.3 Å². The van der Waals surface area contributed by atoms with Crippen LogP contribution in [0, 0.1) is 11.6 Å². The Morgan fingerprint density at radius 1 is 1.30 bits per heavy atom. The molecule has 0 bridgehead atoms. The number of rotatable bonds is 5. The highest BCUT2D eigenvalue weighted by atomic mass is 32.1. The monoisotopic (exact) mass is 410 g/mol. The van der Waals surface area contributed by atoms with Gasteiger partial charge in [0.15, 0.2) is 10.9 Å². The van der Waals surface area contributed by atoms with Crippen LogP contribution < -0.4 is 9.80 Å². The van der Waals surface area contributed by atoms with Crippen LogP contribution in [0.25, 0.3) is 10.2 Å². The highest BCUT2D eigenvalue weighted by Crippen LogP contribution is 2.32. The number of benzene rings is 1. The van der Waals surface area contributed by atoms with Gasteiger partial charge in [-0.05, 0) is 17.5 Å². The number of nitrogens with one attached hydrogen (secondary N) is 1. The van der Waals surface area contributed by atoms with Crippen molar-refractivity contribution >= 4 is 43.9 Å². The molecule has 142 valence electrons. The van der Waals surface area contributed by atoms with Crippen molar-refractivity contribution in [3.8, 4) is 0 Å². The summed E-state index contributed by atoms with van der Waals surface area (Å²) in [5, 5.41) is 2.23. The lowest BCUT2D eigenvalue weighted by atomic mass is 10.3. The van der Waals surface area contributed by atoms with Gasteiger partial charge in [-0.15, -0.1) is 11.3 Å². The zero-order valence-corrected chi connectivity index (χ0v) is 16.0. The van der Waals surface area contributed by atoms with Crippen molar-refractivity contribution in [1.29, 1.82) is 0 Å². The van der Waals surface area contributed by atoms with Crippen LogP contribution in [0.4, 0.5) is 13.9 Å². The molecule has 1 saturated heterocycles. The Kier molecular flexibility index (Phi) is 5.44. The van der Waals surface area contributed by atoms with E-state index >= 15 is 0 Å². The van der Waals surface area contributed by atoms with E-state index in [0.29, 0.717) is 34.5 Å². The molecule has 4 rings (SSSR count). The number of carbonyl (C=O) groups excluding carboxylic acids is 1. The number of thiophene rings is 1. The minimum Gasteiger partial charge on any atom is -0.370 e. The molecule has 0 aliphatic carbocycles. The first-order valence-corrected chi connectivity index (χ1v) is 10.3. The fourth-order valence-corrected chi connectivity index (χ4v) is 4.76. The van der Waals surface area contributed by atoms with Crippen LogP contribution in [0.5, 0.6) is 0 Å². The normalized spacial score (nSPS) is 15.3. The quantitative estimate of drug-likeness (QED) is 0.702. The van der Waals surface area contributed by atoms with E-state index in [1.807, 2.05) is 11.4 Å². The van der Waals surface area contributed by atoms with Crippen molar-refractivity contribution < 1.29 is 23.2 Å².